The Kier molecular flexibility index (Phi) is 5.09. The Morgan fingerprint density at radius 3 is 2.48 bits per heavy atom. The van der Waals surface area contributed by atoms with Crippen molar-refractivity contribution in [2.24, 2.45) is 0 Å². The standard InChI is InChI=1S/C21H21N3O/c1-15-8-9-19(10-16(15)2)24-21(25)18-11-20(14-22-13-18)23-12-17-6-4-3-5-7-17/h3-11,13-14,23H,12H2,1-2H3,(H,24,25). The second-order valence-electron chi connectivity index (χ2n) is 6.05. The van der Waals surface area contributed by atoms with Crippen LogP contribution in [-0.2, 0) is 6.54 Å². The van der Waals surface area contributed by atoms with E-state index in [1.54, 1.807) is 12.4 Å². The molecule has 0 spiro atoms. The number of anilines is 2. The van der Waals surface area contributed by atoms with Gasteiger partial charge in [-0.15, -0.1) is 0 Å². The van der Waals surface area contributed by atoms with E-state index in [1.165, 1.54) is 11.1 Å². The van der Waals surface area contributed by atoms with Crippen LogP contribution in [-0.4, -0.2) is 10.9 Å². The Hall–Kier alpha value is -3.14. The third kappa shape index (κ3) is 4.44. The summed E-state index contributed by atoms with van der Waals surface area (Å²) in [4.78, 5) is 16.6. The van der Waals surface area contributed by atoms with Crippen molar-refractivity contribution in [3.05, 3.63) is 89.2 Å². The smallest absolute Gasteiger partial charge is 0.257 e. The molecule has 0 aliphatic heterocycles. The maximum Gasteiger partial charge on any atom is 0.257 e. The molecule has 0 unspecified atom stereocenters. The van der Waals surface area contributed by atoms with E-state index in [1.807, 2.05) is 56.3 Å². The normalized spacial score (nSPS) is 10.3. The minimum absolute atomic E-state index is 0.167. The summed E-state index contributed by atoms with van der Waals surface area (Å²) in [5.74, 6) is -0.167. The molecule has 1 amide bonds. The van der Waals surface area contributed by atoms with Gasteiger partial charge in [-0.25, -0.2) is 0 Å². The average molecular weight is 331 g/mol. The molecule has 1 aromatic heterocycles. The van der Waals surface area contributed by atoms with E-state index in [-0.39, 0.29) is 5.91 Å². The molecule has 2 N–H and O–H groups in total. The number of hydrogen-bond acceptors (Lipinski definition) is 3. The molecule has 0 aliphatic rings. The molecule has 3 aromatic rings. The van der Waals surface area contributed by atoms with Crippen LogP contribution in [0.4, 0.5) is 11.4 Å². The lowest BCUT2D eigenvalue weighted by Gasteiger charge is -2.10. The zero-order valence-electron chi connectivity index (χ0n) is 14.4. The number of carbonyl (C=O) groups is 1. The summed E-state index contributed by atoms with van der Waals surface area (Å²) in [5.41, 5.74) is 5.65. The minimum Gasteiger partial charge on any atom is -0.380 e. The molecule has 25 heavy (non-hydrogen) atoms. The van der Waals surface area contributed by atoms with Crippen LogP contribution >= 0.6 is 0 Å². The highest BCUT2D eigenvalue weighted by Gasteiger charge is 2.08. The summed E-state index contributed by atoms with van der Waals surface area (Å²) >= 11 is 0. The Labute approximate surface area is 147 Å². The van der Waals surface area contributed by atoms with Crippen molar-refractivity contribution in [3.8, 4) is 0 Å². The van der Waals surface area contributed by atoms with E-state index in [2.05, 4.69) is 27.8 Å². The number of benzene rings is 2. The van der Waals surface area contributed by atoms with Crippen LogP contribution in [0.15, 0.2) is 67.0 Å². The quantitative estimate of drug-likeness (QED) is 0.720. The lowest BCUT2D eigenvalue weighted by atomic mass is 10.1. The van der Waals surface area contributed by atoms with Gasteiger partial charge in [0.2, 0.25) is 0 Å². The van der Waals surface area contributed by atoms with Crippen LogP contribution in [0.2, 0.25) is 0 Å². The van der Waals surface area contributed by atoms with Crippen LogP contribution in [0.1, 0.15) is 27.0 Å². The number of aromatic nitrogens is 1. The molecular weight excluding hydrogens is 310 g/mol. The molecule has 0 atom stereocenters. The van der Waals surface area contributed by atoms with Crippen molar-refractivity contribution in [2.75, 3.05) is 10.6 Å². The summed E-state index contributed by atoms with van der Waals surface area (Å²) in [7, 11) is 0. The third-order valence-corrected chi connectivity index (χ3v) is 4.10. The maximum atomic E-state index is 12.5. The first-order valence-electron chi connectivity index (χ1n) is 8.23. The number of aryl methyl sites for hydroxylation is 2. The van der Waals surface area contributed by atoms with E-state index >= 15 is 0 Å². The van der Waals surface area contributed by atoms with Crippen LogP contribution < -0.4 is 10.6 Å². The number of nitrogens with zero attached hydrogens (tertiary/aromatic N) is 1. The van der Waals surface area contributed by atoms with Gasteiger partial charge in [-0.1, -0.05) is 36.4 Å². The van der Waals surface area contributed by atoms with E-state index in [9.17, 15) is 4.79 Å². The molecule has 126 valence electrons. The average Bonchev–Trinajstić information content (AvgIpc) is 2.64. The summed E-state index contributed by atoms with van der Waals surface area (Å²) in [6, 6.07) is 17.8. The molecule has 2 aromatic carbocycles. The largest absolute Gasteiger partial charge is 0.380 e. The van der Waals surface area contributed by atoms with E-state index in [0.29, 0.717) is 12.1 Å². The topological polar surface area (TPSA) is 54.0 Å². The van der Waals surface area contributed by atoms with Gasteiger partial charge in [0.25, 0.3) is 5.91 Å². The van der Waals surface area contributed by atoms with Crippen LogP contribution in [0.5, 0.6) is 0 Å². The van der Waals surface area contributed by atoms with Gasteiger partial charge in [0.05, 0.1) is 11.3 Å². The molecule has 0 saturated carbocycles. The highest BCUT2D eigenvalue weighted by Crippen LogP contribution is 2.16. The first-order valence-corrected chi connectivity index (χ1v) is 8.23. The number of hydrogen-bond donors (Lipinski definition) is 2. The first-order chi connectivity index (χ1) is 12.1. The summed E-state index contributed by atoms with van der Waals surface area (Å²) in [5, 5.41) is 6.21. The Morgan fingerprint density at radius 1 is 0.920 bits per heavy atom. The molecule has 0 bridgehead atoms. The number of pyridine rings is 1. The zero-order chi connectivity index (χ0) is 17.6. The molecular formula is C21H21N3O. The van der Waals surface area contributed by atoms with Crippen molar-refractivity contribution < 1.29 is 4.79 Å². The predicted octanol–water partition coefficient (Wildman–Crippen LogP) is 4.56. The second kappa shape index (κ2) is 7.62. The van der Waals surface area contributed by atoms with Gasteiger partial charge < -0.3 is 10.6 Å². The molecule has 0 aliphatic carbocycles. The molecule has 3 rings (SSSR count). The summed E-state index contributed by atoms with van der Waals surface area (Å²) in [6.45, 7) is 4.76. The first kappa shape index (κ1) is 16.7. The van der Waals surface area contributed by atoms with Crippen molar-refractivity contribution in [1.29, 1.82) is 0 Å². The molecule has 4 heteroatoms. The monoisotopic (exact) mass is 331 g/mol. The van der Waals surface area contributed by atoms with E-state index in [0.717, 1.165) is 16.9 Å². The van der Waals surface area contributed by atoms with Gasteiger partial charge in [0.1, 0.15) is 0 Å². The molecule has 0 fully saturated rings. The summed E-state index contributed by atoms with van der Waals surface area (Å²) in [6.07, 6.45) is 3.29. The van der Waals surface area contributed by atoms with Gasteiger partial charge in [-0.2, -0.15) is 0 Å². The van der Waals surface area contributed by atoms with Crippen molar-refractivity contribution >= 4 is 17.3 Å². The van der Waals surface area contributed by atoms with Crippen molar-refractivity contribution in [2.45, 2.75) is 20.4 Å². The van der Waals surface area contributed by atoms with Gasteiger partial charge in [0, 0.05) is 24.6 Å². The number of rotatable bonds is 5. The van der Waals surface area contributed by atoms with Crippen LogP contribution in [0.25, 0.3) is 0 Å². The van der Waals surface area contributed by atoms with E-state index < -0.39 is 0 Å². The maximum absolute atomic E-state index is 12.5. The fourth-order valence-corrected chi connectivity index (χ4v) is 2.48. The third-order valence-electron chi connectivity index (χ3n) is 4.10. The SMILES string of the molecule is Cc1ccc(NC(=O)c2cncc(NCc3ccccc3)c2)cc1C. The number of carbonyl (C=O) groups excluding carboxylic acids is 1. The van der Waals surface area contributed by atoms with Gasteiger partial charge in [0.15, 0.2) is 0 Å². The Balaban J connectivity index is 1.67. The molecule has 0 radical (unpaired) electrons. The highest BCUT2D eigenvalue weighted by molar-refractivity contribution is 6.04. The molecule has 1 heterocycles. The summed E-state index contributed by atoms with van der Waals surface area (Å²) < 4.78 is 0. The lowest BCUT2D eigenvalue weighted by Crippen LogP contribution is -2.13. The zero-order valence-corrected chi connectivity index (χ0v) is 14.4. The van der Waals surface area contributed by atoms with E-state index in [4.69, 9.17) is 0 Å². The number of amides is 1. The number of nitrogens with one attached hydrogen (secondary N) is 2. The molecule has 4 nitrogen and oxygen atoms in total. The Morgan fingerprint density at radius 2 is 1.72 bits per heavy atom. The lowest BCUT2D eigenvalue weighted by molar-refractivity contribution is 0.102. The van der Waals surface area contributed by atoms with Crippen molar-refractivity contribution in [3.63, 3.8) is 0 Å². The Bertz CT molecular complexity index is 875. The second-order valence-corrected chi connectivity index (χ2v) is 6.05. The van der Waals surface area contributed by atoms with Gasteiger partial charge in [-0.05, 0) is 48.7 Å². The predicted molar refractivity (Wildman–Crippen MR) is 102 cm³/mol. The highest BCUT2D eigenvalue weighted by atomic mass is 16.1. The molecule has 0 saturated heterocycles. The van der Waals surface area contributed by atoms with Crippen molar-refractivity contribution in [1.82, 2.24) is 4.98 Å². The van der Waals surface area contributed by atoms with Gasteiger partial charge >= 0.3 is 0 Å². The fourth-order valence-electron chi connectivity index (χ4n) is 2.48. The fraction of sp³-hybridized carbons (Fsp3) is 0.143. The van der Waals surface area contributed by atoms with Crippen LogP contribution in [0, 0.1) is 13.8 Å². The van der Waals surface area contributed by atoms with Gasteiger partial charge in [-0.3, -0.25) is 9.78 Å². The van der Waals surface area contributed by atoms with Crippen LogP contribution in [0.3, 0.4) is 0 Å². The minimum atomic E-state index is -0.167.